The van der Waals surface area contributed by atoms with E-state index in [-0.39, 0.29) is 0 Å². The van der Waals surface area contributed by atoms with E-state index in [0.717, 1.165) is 28.0 Å². The van der Waals surface area contributed by atoms with Crippen LogP contribution in [0.15, 0.2) is 28.7 Å². The summed E-state index contributed by atoms with van der Waals surface area (Å²) in [7, 11) is 0. The van der Waals surface area contributed by atoms with Crippen LogP contribution in [0.1, 0.15) is 25.1 Å². The van der Waals surface area contributed by atoms with Crippen molar-refractivity contribution >= 4 is 28.1 Å². The van der Waals surface area contributed by atoms with Crippen molar-refractivity contribution < 1.29 is 0 Å². The van der Waals surface area contributed by atoms with Crippen molar-refractivity contribution in [1.29, 1.82) is 0 Å². The molecule has 0 bridgehead atoms. The predicted octanol–water partition coefficient (Wildman–Crippen LogP) is 5.08. The molecule has 2 aromatic rings. The second-order valence-electron chi connectivity index (χ2n) is 5.15. The van der Waals surface area contributed by atoms with Gasteiger partial charge in [-0.15, -0.1) is 0 Å². The Labute approximate surface area is 127 Å². The molecule has 1 heterocycles. The van der Waals surface area contributed by atoms with Gasteiger partial charge in [-0.05, 0) is 41.3 Å². The number of H-pyrrole nitrogens is 1. The van der Waals surface area contributed by atoms with E-state index in [9.17, 15) is 0 Å². The SMILES string of the molecule is Cc1cccc(-c2nc(=S)c(Br)c(CC(C)C)[nH]2)c1. The lowest BCUT2D eigenvalue weighted by Gasteiger charge is -2.11. The zero-order valence-electron chi connectivity index (χ0n) is 11.3. The largest absolute Gasteiger partial charge is 0.342 e. The van der Waals surface area contributed by atoms with Crippen LogP contribution in [-0.2, 0) is 6.42 Å². The van der Waals surface area contributed by atoms with Gasteiger partial charge in [0.15, 0.2) is 0 Å². The summed E-state index contributed by atoms with van der Waals surface area (Å²) < 4.78 is 1.53. The van der Waals surface area contributed by atoms with Crippen LogP contribution >= 0.6 is 28.1 Å². The number of halogens is 1. The number of hydrogen-bond donors (Lipinski definition) is 1. The lowest BCUT2D eigenvalue weighted by Crippen LogP contribution is -2.02. The molecule has 19 heavy (non-hydrogen) atoms. The van der Waals surface area contributed by atoms with Crippen LogP contribution in [-0.4, -0.2) is 9.97 Å². The van der Waals surface area contributed by atoms with E-state index >= 15 is 0 Å². The van der Waals surface area contributed by atoms with Gasteiger partial charge >= 0.3 is 0 Å². The second-order valence-corrected chi connectivity index (χ2v) is 6.33. The van der Waals surface area contributed by atoms with Crippen molar-refractivity contribution in [1.82, 2.24) is 9.97 Å². The average Bonchev–Trinajstić information content (AvgIpc) is 2.34. The summed E-state index contributed by atoms with van der Waals surface area (Å²) in [5, 5.41) is 0. The van der Waals surface area contributed by atoms with Crippen LogP contribution in [0.4, 0.5) is 0 Å². The summed E-state index contributed by atoms with van der Waals surface area (Å²) >= 11 is 8.87. The van der Waals surface area contributed by atoms with Crippen LogP contribution in [0.3, 0.4) is 0 Å². The third-order valence-electron chi connectivity index (χ3n) is 2.84. The van der Waals surface area contributed by atoms with Crippen LogP contribution in [0.5, 0.6) is 0 Å². The third-order valence-corrected chi connectivity index (χ3v) is 4.25. The van der Waals surface area contributed by atoms with Crippen molar-refractivity contribution in [2.45, 2.75) is 27.2 Å². The van der Waals surface area contributed by atoms with E-state index in [2.05, 4.69) is 58.8 Å². The Balaban J connectivity index is 2.53. The van der Waals surface area contributed by atoms with Crippen molar-refractivity contribution in [2.24, 2.45) is 5.92 Å². The van der Waals surface area contributed by atoms with Gasteiger partial charge in [-0.1, -0.05) is 49.8 Å². The lowest BCUT2D eigenvalue weighted by molar-refractivity contribution is 0.632. The minimum atomic E-state index is 0.565. The number of rotatable bonds is 3. The first kappa shape index (κ1) is 14.4. The Bertz CT molecular complexity index is 647. The molecule has 0 unspecified atom stereocenters. The minimum Gasteiger partial charge on any atom is -0.342 e. The maximum absolute atomic E-state index is 5.34. The second kappa shape index (κ2) is 5.97. The highest BCUT2D eigenvalue weighted by Crippen LogP contribution is 2.23. The molecule has 2 nitrogen and oxygen atoms in total. The molecule has 1 aromatic carbocycles. The molecule has 0 radical (unpaired) electrons. The maximum Gasteiger partial charge on any atom is 0.144 e. The number of nitrogens with one attached hydrogen (secondary N) is 1. The van der Waals surface area contributed by atoms with Gasteiger partial charge in [0.2, 0.25) is 0 Å². The molecule has 2 rings (SSSR count). The molecule has 0 aliphatic rings. The highest BCUT2D eigenvalue weighted by atomic mass is 79.9. The van der Waals surface area contributed by atoms with Gasteiger partial charge in [-0.3, -0.25) is 0 Å². The van der Waals surface area contributed by atoms with E-state index in [1.165, 1.54) is 5.56 Å². The van der Waals surface area contributed by atoms with Gasteiger partial charge in [-0.2, -0.15) is 0 Å². The monoisotopic (exact) mass is 336 g/mol. The smallest absolute Gasteiger partial charge is 0.144 e. The molecule has 0 amide bonds. The van der Waals surface area contributed by atoms with Gasteiger partial charge in [0, 0.05) is 11.3 Å². The van der Waals surface area contributed by atoms with E-state index in [4.69, 9.17) is 12.2 Å². The molecule has 1 N–H and O–H groups in total. The van der Waals surface area contributed by atoms with Crippen LogP contribution in [0.2, 0.25) is 0 Å². The number of nitrogens with zero attached hydrogens (tertiary/aromatic N) is 1. The van der Waals surface area contributed by atoms with E-state index in [1.54, 1.807) is 0 Å². The third kappa shape index (κ3) is 3.51. The highest BCUT2D eigenvalue weighted by Gasteiger charge is 2.09. The fourth-order valence-corrected chi connectivity index (χ4v) is 2.55. The van der Waals surface area contributed by atoms with Crippen LogP contribution in [0.25, 0.3) is 11.4 Å². The fraction of sp³-hybridized carbons (Fsp3) is 0.333. The van der Waals surface area contributed by atoms with Gasteiger partial charge in [-0.25, -0.2) is 4.98 Å². The molecule has 4 heteroatoms. The Hall–Kier alpha value is -1.00. The lowest BCUT2D eigenvalue weighted by atomic mass is 10.1. The Morgan fingerprint density at radius 3 is 2.74 bits per heavy atom. The molecule has 1 aromatic heterocycles. The number of aryl methyl sites for hydroxylation is 1. The molecule has 0 spiro atoms. The van der Waals surface area contributed by atoms with Gasteiger partial charge in [0.1, 0.15) is 10.5 Å². The molecular weight excluding hydrogens is 320 g/mol. The van der Waals surface area contributed by atoms with E-state index in [0.29, 0.717) is 10.6 Å². The average molecular weight is 337 g/mol. The molecule has 0 saturated carbocycles. The standard InChI is InChI=1S/C15H17BrN2S/c1-9(2)7-12-13(16)15(19)18-14(17-12)11-6-4-5-10(3)8-11/h4-6,8-9H,7H2,1-3H3,(H,17,18,19). The summed E-state index contributed by atoms with van der Waals surface area (Å²) in [4.78, 5) is 7.87. The summed E-state index contributed by atoms with van der Waals surface area (Å²) in [5.41, 5.74) is 3.40. The van der Waals surface area contributed by atoms with E-state index in [1.807, 2.05) is 12.1 Å². The molecule has 0 saturated heterocycles. The Morgan fingerprint density at radius 1 is 1.37 bits per heavy atom. The van der Waals surface area contributed by atoms with Gasteiger partial charge in [0.25, 0.3) is 0 Å². The number of aromatic amines is 1. The van der Waals surface area contributed by atoms with Crippen molar-refractivity contribution in [3.05, 3.63) is 44.6 Å². The van der Waals surface area contributed by atoms with Crippen molar-refractivity contribution in [2.75, 3.05) is 0 Å². The van der Waals surface area contributed by atoms with Crippen LogP contribution < -0.4 is 0 Å². The van der Waals surface area contributed by atoms with Crippen LogP contribution in [0, 0.1) is 17.5 Å². The minimum absolute atomic E-state index is 0.565. The molecule has 0 atom stereocenters. The first-order chi connectivity index (χ1) is 8.97. The summed E-state index contributed by atoms with van der Waals surface area (Å²) in [6.45, 7) is 6.46. The molecule has 100 valence electrons. The number of aromatic nitrogens is 2. The molecule has 0 aliphatic carbocycles. The first-order valence-corrected chi connectivity index (χ1v) is 7.53. The molecular formula is C15H17BrN2S. The van der Waals surface area contributed by atoms with Crippen molar-refractivity contribution in [3.8, 4) is 11.4 Å². The fourth-order valence-electron chi connectivity index (χ4n) is 1.98. The number of benzene rings is 1. The van der Waals surface area contributed by atoms with Gasteiger partial charge < -0.3 is 4.98 Å². The summed E-state index contributed by atoms with van der Waals surface area (Å²) in [5.74, 6) is 1.40. The Morgan fingerprint density at radius 2 is 2.11 bits per heavy atom. The highest BCUT2D eigenvalue weighted by molar-refractivity contribution is 9.10. The zero-order valence-corrected chi connectivity index (χ0v) is 13.7. The Kier molecular flexibility index (Phi) is 4.53. The van der Waals surface area contributed by atoms with E-state index < -0.39 is 0 Å². The quantitative estimate of drug-likeness (QED) is 0.792. The normalized spacial score (nSPS) is 11.0. The maximum atomic E-state index is 5.34. The van der Waals surface area contributed by atoms with Crippen molar-refractivity contribution in [3.63, 3.8) is 0 Å². The summed E-state index contributed by atoms with van der Waals surface area (Å²) in [6.07, 6.45) is 0.950. The van der Waals surface area contributed by atoms with Gasteiger partial charge in [0.05, 0.1) is 4.47 Å². The number of hydrogen-bond acceptors (Lipinski definition) is 2. The molecule has 0 fully saturated rings. The summed E-state index contributed by atoms with van der Waals surface area (Å²) in [6, 6.07) is 8.27. The zero-order chi connectivity index (χ0) is 14.0. The topological polar surface area (TPSA) is 28.7 Å². The molecule has 0 aliphatic heterocycles. The first-order valence-electron chi connectivity index (χ1n) is 6.33. The predicted molar refractivity (Wildman–Crippen MR) is 85.8 cm³/mol.